The van der Waals surface area contributed by atoms with Gasteiger partial charge in [0.25, 0.3) is 0 Å². The Kier molecular flexibility index (Phi) is 7.21. The van der Waals surface area contributed by atoms with E-state index in [0.29, 0.717) is 0 Å². The van der Waals surface area contributed by atoms with Crippen molar-refractivity contribution < 1.29 is 4.74 Å². The zero-order chi connectivity index (χ0) is 12.8. The summed E-state index contributed by atoms with van der Waals surface area (Å²) in [4.78, 5) is 2.54. The first kappa shape index (κ1) is 16.3. The predicted molar refractivity (Wildman–Crippen MR) is 82.2 cm³/mol. The monoisotopic (exact) mass is 284 g/mol. The van der Waals surface area contributed by atoms with Crippen LogP contribution in [0.5, 0.6) is 5.75 Å². The van der Waals surface area contributed by atoms with Crippen molar-refractivity contribution in [1.29, 1.82) is 0 Å². The lowest BCUT2D eigenvalue weighted by Crippen LogP contribution is -2.36. The molecule has 0 aromatic heterocycles. The van der Waals surface area contributed by atoms with Gasteiger partial charge in [0.15, 0.2) is 0 Å². The van der Waals surface area contributed by atoms with Gasteiger partial charge in [-0.3, -0.25) is 4.90 Å². The number of rotatable bonds is 5. The fourth-order valence-electron chi connectivity index (χ4n) is 2.67. The predicted octanol–water partition coefficient (Wildman–Crippen LogP) is 2.55. The Balaban J connectivity index is 0.00000180. The standard InChI is InChI=1S/C15H24N2O.ClH/c1-16-11-13-6-8-17(9-7-13)12-14-4-3-5-15(10-14)18-2;/h3-5,10,13,16H,6-9,11-12H2,1-2H3;1H. The zero-order valence-corrected chi connectivity index (χ0v) is 12.7. The highest BCUT2D eigenvalue weighted by Crippen LogP contribution is 2.20. The van der Waals surface area contributed by atoms with Crippen molar-refractivity contribution in [1.82, 2.24) is 10.2 Å². The van der Waals surface area contributed by atoms with Crippen molar-refractivity contribution in [2.75, 3.05) is 33.8 Å². The molecule has 0 amide bonds. The summed E-state index contributed by atoms with van der Waals surface area (Å²) < 4.78 is 5.27. The third-order valence-corrected chi connectivity index (χ3v) is 3.74. The molecule has 1 aliphatic rings. The van der Waals surface area contributed by atoms with Crippen molar-refractivity contribution in [3.8, 4) is 5.75 Å². The Labute approximate surface area is 122 Å². The number of halogens is 1. The van der Waals surface area contributed by atoms with E-state index in [0.717, 1.165) is 24.8 Å². The average molecular weight is 285 g/mol. The summed E-state index contributed by atoms with van der Waals surface area (Å²) in [5.41, 5.74) is 1.35. The van der Waals surface area contributed by atoms with E-state index in [2.05, 4.69) is 28.4 Å². The third-order valence-electron chi connectivity index (χ3n) is 3.74. The van der Waals surface area contributed by atoms with Gasteiger partial charge in [0, 0.05) is 6.54 Å². The SMILES string of the molecule is CNCC1CCN(Cc2cccc(OC)c2)CC1.Cl. The molecule has 0 spiro atoms. The van der Waals surface area contributed by atoms with Crippen LogP contribution in [0.2, 0.25) is 0 Å². The number of ether oxygens (including phenoxy) is 1. The summed E-state index contributed by atoms with van der Waals surface area (Å²) in [6.07, 6.45) is 2.62. The van der Waals surface area contributed by atoms with Gasteiger partial charge in [-0.25, -0.2) is 0 Å². The summed E-state index contributed by atoms with van der Waals surface area (Å²) in [6, 6.07) is 8.40. The van der Waals surface area contributed by atoms with Crippen LogP contribution in [0.15, 0.2) is 24.3 Å². The van der Waals surface area contributed by atoms with Crippen molar-refractivity contribution in [3.63, 3.8) is 0 Å². The molecule has 1 aromatic rings. The summed E-state index contributed by atoms with van der Waals surface area (Å²) in [5.74, 6) is 1.81. The van der Waals surface area contributed by atoms with Crippen LogP contribution in [0.1, 0.15) is 18.4 Å². The minimum atomic E-state index is 0. The second-order valence-corrected chi connectivity index (χ2v) is 5.13. The van der Waals surface area contributed by atoms with Gasteiger partial charge in [-0.15, -0.1) is 12.4 Å². The second kappa shape index (κ2) is 8.41. The maximum atomic E-state index is 5.27. The third kappa shape index (κ3) is 5.01. The van der Waals surface area contributed by atoms with Gasteiger partial charge in [0.05, 0.1) is 7.11 Å². The molecule has 1 saturated heterocycles. The number of hydrogen-bond donors (Lipinski definition) is 1. The fraction of sp³-hybridized carbons (Fsp3) is 0.600. The molecule has 0 saturated carbocycles. The summed E-state index contributed by atoms with van der Waals surface area (Å²) in [7, 11) is 3.77. The topological polar surface area (TPSA) is 24.5 Å². The molecular weight excluding hydrogens is 260 g/mol. The molecule has 4 heteroatoms. The first-order valence-electron chi connectivity index (χ1n) is 6.81. The van der Waals surface area contributed by atoms with Gasteiger partial charge in [-0.2, -0.15) is 0 Å². The van der Waals surface area contributed by atoms with Crippen LogP contribution in [-0.4, -0.2) is 38.7 Å². The van der Waals surface area contributed by atoms with Crippen molar-refractivity contribution in [3.05, 3.63) is 29.8 Å². The highest BCUT2D eigenvalue weighted by atomic mass is 35.5. The van der Waals surface area contributed by atoms with Gasteiger partial charge >= 0.3 is 0 Å². The van der Waals surface area contributed by atoms with E-state index in [1.54, 1.807) is 7.11 Å². The van der Waals surface area contributed by atoms with Crippen LogP contribution in [0, 0.1) is 5.92 Å². The summed E-state index contributed by atoms with van der Waals surface area (Å²) in [5, 5.41) is 3.28. The molecule has 19 heavy (non-hydrogen) atoms. The number of nitrogens with one attached hydrogen (secondary N) is 1. The molecule has 2 rings (SSSR count). The number of piperidine rings is 1. The van der Waals surface area contributed by atoms with Crippen molar-refractivity contribution in [2.24, 2.45) is 5.92 Å². The van der Waals surface area contributed by atoms with Crippen LogP contribution >= 0.6 is 12.4 Å². The van der Waals surface area contributed by atoms with Crippen LogP contribution in [0.3, 0.4) is 0 Å². The van der Waals surface area contributed by atoms with E-state index in [-0.39, 0.29) is 12.4 Å². The van der Waals surface area contributed by atoms with Gasteiger partial charge < -0.3 is 10.1 Å². The largest absolute Gasteiger partial charge is 0.497 e. The fourth-order valence-corrected chi connectivity index (χ4v) is 2.67. The van der Waals surface area contributed by atoms with Crippen molar-refractivity contribution >= 4 is 12.4 Å². The summed E-state index contributed by atoms with van der Waals surface area (Å²) in [6.45, 7) is 4.63. The van der Waals surface area contributed by atoms with E-state index >= 15 is 0 Å². The number of hydrogen-bond acceptors (Lipinski definition) is 3. The molecule has 0 radical (unpaired) electrons. The highest BCUT2D eigenvalue weighted by molar-refractivity contribution is 5.85. The molecule has 1 N–H and O–H groups in total. The van der Waals surface area contributed by atoms with E-state index in [1.165, 1.54) is 31.5 Å². The number of methoxy groups -OCH3 is 1. The molecular formula is C15H25ClN2O. The molecule has 0 aliphatic carbocycles. The smallest absolute Gasteiger partial charge is 0.119 e. The minimum absolute atomic E-state index is 0. The number of benzene rings is 1. The molecule has 1 aromatic carbocycles. The molecule has 0 bridgehead atoms. The Morgan fingerprint density at radius 1 is 1.32 bits per heavy atom. The lowest BCUT2D eigenvalue weighted by Gasteiger charge is -2.31. The van der Waals surface area contributed by atoms with E-state index in [4.69, 9.17) is 4.74 Å². The first-order valence-corrected chi connectivity index (χ1v) is 6.81. The Hall–Kier alpha value is -0.770. The quantitative estimate of drug-likeness (QED) is 0.899. The Morgan fingerprint density at radius 3 is 2.68 bits per heavy atom. The van der Waals surface area contributed by atoms with Gasteiger partial charge in [-0.1, -0.05) is 12.1 Å². The molecule has 0 atom stereocenters. The van der Waals surface area contributed by atoms with Crippen molar-refractivity contribution in [2.45, 2.75) is 19.4 Å². The lowest BCUT2D eigenvalue weighted by atomic mass is 9.96. The average Bonchev–Trinajstić information content (AvgIpc) is 2.42. The normalized spacial score (nSPS) is 16.9. The van der Waals surface area contributed by atoms with Gasteiger partial charge in [0.2, 0.25) is 0 Å². The molecule has 1 aliphatic heterocycles. The van der Waals surface area contributed by atoms with Gasteiger partial charge in [0.1, 0.15) is 5.75 Å². The number of likely N-dealkylation sites (tertiary alicyclic amines) is 1. The first-order chi connectivity index (χ1) is 8.81. The maximum Gasteiger partial charge on any atom is 0.119 e. The van der Waals surface area contributed by atoms with E-state index in [9.17, 15) is 0 Å². The van der Waals surface area contributed by atoms with Crippen LogP contribution in [-0.2, 0) is 6.54 Å². The number of nitrogens with zero attached hydrogens (tertiary/aromatic N) is 1. The minimum Gasteiger partial charge on any atom is -0.497 e. The molecule has 0 unspecified atom stereocenters. The van der Waals surface area contributed by atoms with Crippen LogP contribution < -0.4 is 10.1 Å². The van der Waals surface area contributed by atoms with E-state index < -0.39 is 0 Å². The molecule has 1 heterocycles. The molecule has 3 nitrogen and oxygen atoms in total. The Bertz CT molecular complexity index is 365. The summed E-state index contributed by atoms with van der Waals surface area (Å²) >= 11 is 0. The Morgan fingerprint density at radius 2 is 2.05 bits per heavy atom. The van der Waals surface area contributed by atoms with E-state index in [1.807, 2.05) is 13.1 Å². The van der Waals surface area contributed by atoms with Crippen LogP contribution in [0.25, 0.3) is 0 Å². The van der Waals surface area contributed by atoms with Crippen LogP contribution in [0.4, 0.5) is 0 Å². The lowest BCUT2D eigenvalue weighted by molar-refractivity contribution is 0.176. The molecule has 108 valence electrons. The maximum absolute atomic E-state index is 5.27. The second-order valence-electron chi connectivity index (χ2n) is 5.13. The highest BCUT2D eigenvalue weighted by Gasteiger charge is 2.18. The zero-order valence-electron chi connectivity index (χ0n) is 11.9. The van der Waals surface area contributed by atoms with Gasteiger partial charge in [-0.05, 0) is 63.1 Å². The molecule has 1 fully saturated rings.